The molecule has 0 saturated heterocycles. The molecule has 0 saturated carbocycles. The zero-order valence-electron chi connectivity index (χ0n) is 15.0. The molecule has 140 valence electrons. The number of nitrogens with zero attached hydrogens (tertiary/aromatic N) is 2. The van der Waals surface area contributed by atoms with Crippen molar-refractivity contribution in [1.29, 1.82) is 0 Å². The highest BCUT2D eigenvalue weighted by Crippen LogP contribution is 2.25. The third-order valence-electron chi connectivity index (χ3n) is 4.20. The summed E-state index contributed by atoms with van der Waals surface area (Å²) in [5.74, 6) is 0.763. The Morgan fingerprint density at radius 2 is 1.81 bits per heavy atom. The van der Waals surface area contributed by atoms with Gasteiger partial charge in [-0.15, -0.1) is 0 Å². The zero-order valence-corrected chi connectivity index (χ0v) is 16.5. The average molecular weight is 403 g/mol. The van der Waals surface area contributed by atoms with E-state index in [2.05, 4.69) is 5.10 Å². The SMILES string of the molecule is Cc1cc(CCC=O)nn1Cc1cc(Cl)ccc1OCc1ccc(Cl)cc1. The molecule has 1 aromatic heterocycles. The molecule has 0 atom stereocenters. The topological polar surface area (TPSA) is 44.1 Å². The molecule has 27 heavy (non-hydrogen) atoms. The second-order valence-corrected chi connectivity index (χ2v) is 7.18. The summed E-state index contributed by atoms with van der Waals surface area (Å²) in [4.78, 5) is 10.6. The molecule has 0 aliphatic rings. The van der Waals surface area contributed by atoms with E-state index in [1.807, 2.05) is 60.1 Å². The van der Waals surface area contributed by atoms with Gasteiger partial charge in [-0.2, -0.15) is 5.10 Å². The van der Waals surface area contributed by atoms with E-state index in [4.69, 9.17) is 27.9 Å². The number of halogens is 2. The molecule has 0 aliphatic heterocycles. The van der Waals surface area contributed by atoms with E-state index >= 15 is 0 Å². The van der Waals surface area contributed by atoms with Gasteiger partial charge < -0.3 is 9.53 Å². The Morgan fingerprint density at radius 1 is 1.07 bits per heavy atom. The first-order chi connectivity index (χ1) is 13.0. The quantitative estimate of drug-likeness (QED) is 0.482. The molecule has 2 aromatic carbocycles. The number of ether oxygens (including phenoxy) is 1. The summed E-state index contributed by atoms with van der Waals surface area (Å²) in [6.45, 7) is 2.98. The minimum absolute atomic E-state index is 0.439. The molecule has 0 fully saturated rings. The molecule has 6 heteroatoms. The molecule has 1 heterocycles. The van der Waals surface area contributed by atoms with Crippen molar-refractivity contribution in [3.63, 3.8) is 0 Å². The summed E-state index contributed by atoms with van der Waals surface area (Å²) in [6, 6.07) is 15.2. The normalized spacial score (nSPS) is 10.8. The third kappa shape index (κ3) is 5.34. The van der Waals surface area contributed by atoms with Crippen molar-refractivity contribution < 1.29 is 9.53 Å². The van der Waals surface area contributed by atoms with Gasteiger partial charge in [0.15, 0.2) is 0 Å². The molecule has 3 rings (SSSR count). The Balaban J connectivity index is 1.76. The number of aromatic nitrogens is 2. The summed E-state index contributed by atoms with van der Waals surface area (Å²) < 4.78 is 7.92. The van der Waals surface area contributed by atoms with Crippen LogP contribution in [-0.4, -0.2) is 16.1 Å². The van der Waals surface area contributed by atoms with Crippen LogP contribution in [0, 0.1) is 6.92 Å². The van der Waals surface area contributed by atoms with Gasteiger partial charge >= 0.3 is 0 Å². The highest BCUT2D eigenvalue weighted by molar-refractivity contribution is 6.30. The van der Waals surface area contributed by atoms with Gasteiger partial charge in [0.25, 0.3) is 0 Å². The standard InChI is InChI=1S/C21H20Cl2N2O2/c1-15-11-20(3-2-10-26)24-25(15)13-17-12-19(23)8-9-21(17)27-14-16-4-6-18(22)7-5-16/h4-12H,2-3,13-14H2,1H3. The second kappa shape index (κ2) is 9.07. The second-order valence-electron chi connectivity index (χ2n) is 6.31. The fourth-order valence-electron chi connectivity index (χ4n) is 2.78. The number of hydrogen-bond acceptors (Lipinski definition) is 3. The van der Waals surface area contributed by atoms with Gasteiger partial charge in [0.2, 0.25) is 0 Å². The Morgan fingerprint density at radius 3 is 2.56 bits per heavy atom. The molecule has 0 amide bonds. The van der Waals surface area contributed by atoms with Gasteiger partial charge in [-0.1, -0.05) is 35.3 Å². The van der Waals surface area contributed by atoms with Crippen molar-refractivity contribution >= 4 is 29.5 Å². The summed E-state index contributed by atoms with van der Waals surface area (Å²) >= 11 is 12.1. The number of carbonyl (C=O) groups is 1. The van der Waals surface area contributed by atoms with E-state index in [1.165, 1.54) is 0 Å². The first kappa shape index (κ1) is 19.5. The van der Waals surface area contributed by atoms with Crippen LogP contribution in [0.5, 0.6) is 5.75 Å². The van der Waals surface area contributed by atoms with Gasteiger partial charge in [0.05, 0.1) is 12.2 Å². The lowest BCUT2D eigenvalue weighted by molar-refractivity contribution is -0.107. The molecule has 0 unspecified atom stereocenters. The van der Waals surface area contributed by atoms with Crippen LogP contribution >= 0.6 is 23.2 Å². The lowest BCUT2D eigenvalue weighted by Gasteiger charge is -2.13. The number of benzene rings is 2. The Labute approximate surface area is 168 Å². The van der Waals surface area contributed by atoms with Crippen LogP contribution in [0.3, 0.4) is 0 Å². The number of aldehydes is 1. The summed E-state index contributed by atoms with van der Waals surface area (Å²) in [5.41, 5.74) is 3.92. The van der Waals surface area contributed by atoms with Crippen LogP contribution in [0.15, 0.2) is 48.5 Å². The molecule has 3 aromatic rings. The Hall–Kier alpha value is -2.30. The van der Waals surface area contributed by atoms with Gasteiger partial charge in [-0.05, 0) is 55.3 Å². The molecule has 4 nitrogen and oxygen atoms in total. The van der Waals surface area contributed by atoms with Gasteiger partial charge in [0, 0.05) is 27.7 Å². The number of rotatable bonds is 8. The summed E-state index contributed by atoms with van der Waals surface area (Å²) in [7, 11) is 0. The van der Waals surface area contributed by atoms with Crippen LogP contribution < -0.4 is 4.74 Å². The Kier molecular flexibility index (Phi) is 6.54. The summed E-state index contributed by atoms with van der Waals surface area (Å²) in [5, 5.41) is 5.93. The van der Waals surface area contributed by atoms with Crippen molar-refractivity contribution in [2.24, 2.45) is 0 Å². The first-order valence-electron chi connectivity index (χ1n) is 8.68. The fourth-order valence-corrected chi connectivity index (χ4v) is 3.10. The van der Waals surface area contributed by atoms with Crippen molar-refractivity contribution in [3.8, 4) is 5.75 Å². The van der Waals surface area contributed by atoms with E-state index in [0.717, 1.165) is 34.6 Å². The third-order valence-corrected chi connectivity index (χ3v) is 4.69. The van der Waals surface area contributed by atoms with Gasteiger partial charge in [0.1, 0.15) is 18.6 Å². The van der Waals surface area contributed by atoms with Crippen LogP contribution in [0.2, 0.25) is 10.0 Å². The molecule has 0 N–H and O–H groups in total. The van der Waals surface area contributed by atoms with Crippen LogP contribution in [0.4, 0.5) is 0 Å². The van der Waals surface area contributed by atoms with E-state index in [-0.39, 0.29) is 0 Å². The number of carbonyl (C=O) groups excluding carboxylic acids is 1. The predicted octanol–water partition coefficient (Wildman–Crippen LogP) is 5.26. The molecular formula is C21H20Cl2N2O2. The van der Waals surface area contributed by atoms with Crippen LogP contribution in [0.1, 0.15) is 28.9 Å². The maximum Gasteiger partial charge on any atom is 0.124 e. The van der Waals surface area contributed by atoms with Crippen molar-refractivity contribution in [2.45, 2.75) is 32.9 Å². The molecular weight excluding hydrogens is 383 g/mol. The lowest BCUT2D eigenvalue weighted by atomic mass is 10.2. The molecule has 0 aliphatic carbocycles. The predicted molar refractivity (Wildman–Crippen MR) is 108 cm³/mol. The average Bonchev–Trinajstić information content (AvgIpc) is 3.00. The minimum Gasteiger partial charge on any atom is -0.489 e. The lowest BCUT2D eigenvalue weighted by Crippen LogP contribution is -2.07. The monoisotopic (exact) mass is 402 g/mol. The first-order valence-corrected chi connectivity index (χ1v) is 9.43. The van der Waals surface area contributed by atoms with Crippen molar-refractivity contribution in [2.75, 3.05) is 0 Å². The largest absolute Gasteiger partial charge is 0.489 e. The maximum atomic E-state index is 10.6. The minimum atomic E-state index is 0.439. The van der Waals surface area contributed by atoms with E-state index in [1.54, 1.807) is 0 Å². The van der Waals surface area contributed by atoms with Gasteiger partial charge in [-0.25, -0.2) is 0 Å². The highest BCUT2D eigenvalue weighted by Gasteiger charge is 2.10. The van der Waals surface area contributed by atoms with Crippen molar-refractivity contribution in [3.05, 3.63) is 81.1 Å². The number of aryl methyl sites for hydroxylation is 2. The Bertz CT molecular complexity index is 920. The highest BCUT2D eigenvalue weighted by atomic mass is 35.5. The van der Waals surface area contributed by atoms with Crippen LogP contribution in [0.25, 0.3) is 0 Å². The van der Waals surface area contributed by atoms with Crippen LogP contribution in [-0.2, 0) is 24.4 Å². The fraction of sp³-hybridized carbons (Fsp3) is 0.238. The molecule has 0 spiro atoms. The van der Waals surface area contributed by atoms with E-state index in [0.29, 0.717) is 36.0 Å². The van der Waals surface area contributed by atoms with E-state index in [9.17, 15) is 4.79 Å². The van der Waals surface area contributed by atoms with Crippen molar-refractivity contribution in [1.82, 2.24) is 9.78 Å². The summed E-state index contributed by atoms with van der Waals surface area (Å²) in [6.07, 6.45) is 2.03. The smallest absolute Gasteiger partial charge is 0.124 e. The maximum absolute atomic E-state index is 10.6. The van der Waals surface area contributed by atoms with E-state index < -0.39 is 0 Å². The zero-order chi connectivity index (χ0) is 19.2. The molecule has 0 bridgehead atoms. The van der Waals surface area contributed by atoms with Gasteiger partial charge in [-0.3, -0.25) is 4.68 Å². The molecule has 0 radical (unpaired) electrons. The number of hydrogen-bond donors (Lipinski definition) is 0.